The highest BCUT2D eigenvalue weighted by molar-refractivity contribution is 6.01. The fourth-order valence-electron chi connectivity index (χ4n) is 8.85. The van der Waals surface area contributed by atoms with Gasteiger partial charge in [-0.1, -0.05) is 38.8 Å². The van der Waals surface area contributed by atoms with Gasteiger partial charge in [0, 0.05) is 22.4 Å². The third-order valence-corrected chi connectivity index (χ3v) is 10.6. The van der Waals surface area contributed by atoms with Crippen molar-refractivity contribution in [3.05, 3.63) is 47.6 Å². The van der Waals surface area contributed by atoms with E-state index in [1.165, 1.54) is 18.2 Å². The van der Waals surface area contributed by atoms with Gasteiger partial charge in [0.15, 0.2) is 23.5 Å². The lowest BCUT2D eigenvalue weighted by atomic mass is 9.46. The van der Waals surface area contributed by atoms with Crippen molar-refractivity contribution < 1.29 is 44.3 Å². The third-order valence-electron chi connectivity index (χ3n) is 10.6. The Morgan fingerprint density at radius 2 is 1.95 bits per heavy atom. The van der Waals surface area contributed by atoms with Crippen LogP contribution in [-0.2, 0) is 19.1 Å². The van der Waals surface area contributed by atoms with Gasteiger partial charge in [-0.15, -0.1) is 0 Å². The Morgan fingerprint density at radius 3 is 2.60 bits per heavy atom. The molecule has 4 aliphatic carbocycles. The van der Waals surface area contributed by atoms with Crippen LogP contribution in [-0.4, -0.2) is 68.7 Å². The van der Waals surface area contributed by atoms with Gasteiger partial charge >= 0.3 is 5.97 Å². The predicted octanol–water partition coefficient (Wildman–Crippen LogP) is 3.39. The topological polar surface area (TPSA) is 177 Å². The van der Waals surface area contributed by atoms with Gasteiger partial charge in [0.25, 0.3) is 0 Å². The number of aromatic carboxylic acids is 1. The van der Waals surface area contributed by atoms with Crippen LogP contribution in [0.1, 0.15) is 69.7 Å². The number of carboxylic acid groups (broad SMARTS) is 1. The minimum absolute atomic E-state index is 0.0125. The molecule has 0 aromatic heterocycles. The summed E-state index contributed by atoms with van der Waals surface area (Å²) in [5.41, 5.74) is 4.39. The number of aromatic hydroxyl groups is 1. The molecule has 1 heterocycles. The lowest BCUT2D eigenvalue weighted by Crippen LogP contribution is -2.63. The van der Waals surface area contributed by atoms with E-state index >= 15 is 0 Å². The Morgan fingerprint density at radius 1 is 1.21 bits per heavy atom. The SMILES string of the molecule is CCCC1O[C@@H]2C[C@H]3[C@@H]4CCC5=CC(=O)C=C[C@]5(C)[C@H]4[C@@H](O)C[C@]3(C)[C@]2(C(=O)CO)O1.Nc1ccc(O)c(C(=O)O)c1. The molecular formula is C32H41NO9. The Balaban J connectivity index is 0.000000271. The number of allylic oxidation sites excluding steroid dienone is 4. The largest absolute Gasteiger partial charge is 0.507 e. The predicted molar refractivity (Wildman–Crippen MR) is 152 cm³/mol. The van der Waals surface area contributed by atoms with Crippen LogP contribution in [0.5, 0.6) is 5.75 Å². The van der Waals surface area contributed by atoms with Crippen LogP contribution in [0.3, 0.4) is 0 Å². The Bertz CT molecular complexity index is 1340. The van der Waals surface area contributed by atoms with Gasteiger partial charge in [-0.25, -0.2) is 4.79 Å². The summed E-state index contributed by atoms with van der Waals surface area (Å²) in [5, 5.41) is 38.9. The van der Waals surface area contributed by atoms with Crippen molar-refractivity contribution in [2.45, 2.75) is 83.4 Å². The third kappa shape index (κ3) is 4.51. The number of carboxylic acids is 1. The molecule has 0 radical (unpaired) electrons. The van der Waals surface area contributed by atoms with Gasteiger partial charge in [-0.2, -0.15) is 0 Å². The van der Waals surface area contributed by atoms with Crippen molar-refractivity contribution >= 4 is 23.2 Å². The number of ether oxygens (including phenoxy) is 2. The van der Waals surface area contributed by atoms with Crippen LogP contribution in [0.4, 0.5) is 5.69 Å². The molecule has 6 rings (SSSR count). The minimum atomic E-state index is -1.20. The Labute approximate surface area is 245 Å². The summed E-state index contributed by atoms with van der Waals surface area (Å²) in [6, 6.07) is 3.89. The van der Waals surface area contributed by atoms with Crippen molar-refractivity contribution in [3.63, 3.8) is 0 Å². The number of nitrogens with two attached hydrogens (primary N) is 1. The molecule has 6 N–H and O–H groups in total. The highest BCUT2D eigenvalue weighted by atomic mass is 16.7. The number of anilines is 1. The number of nitrogen functional groups attached to an aromatic ring is 1. The normalized spacial score (nSPS) is 39.6. The molecule has 9 atom stereocenters. The molecule has 0 amide bonds. The maximum atomic E-state index is 13.2. The number of aliphatic hydroxyl groups excluding tert-OH is 2. The average Bonchev–Trinajstić information content (AvgIpc) is 3.42. The lowest BCUT2D eigenvalue weighted by Gasteiger charge is -2.59. The van der Waals surface area contributed by atoms with E-state index in [2.05, 4.69) is 20.8 Å². The maximum Gasteiger partial charge on any atom is 0.339 e. The molecule has 10 heteroatoms. The van der Waals surface area contributed by atoms with Gasteiger partial charge < -0.3 is 35.6 Å². The smallest absolute Gasteiger partial charge is 0.339 e. The van der Waals surface area contributed by atoms with E-state index in [9.17, 15) is 24.6 Å². The number of rotatable bonds is 5. The number of phenols is 1. The number of aliphatic hydroxyl groups is 2. The fourth-order valence-corrected chi connectivity index (χ4v) is 8.85. The van der Waals surface area contributed by atoms with E-state index in [1.807, 2.05) is 6.08 Å². The monoisotopic (exact) mass is 583 g/mol. The van der Waals surface area contributed by atoms with Crippen LogP contribution in [0, 0.1) is 28.6 Å². The molecule has 1 aromatic rings. The molecular weight excluding hydrogens is 542 g/mol. The quantitative estimate of drug-likeness (QED) is 0.255. The second kappa shape index (κ2) is 10.9. The second-order valence-electron chi connectivity index (χ2n) is 12.8. The molecule has 42 heavy (non-hydrogen) atoms. The standard InChI is InChI=1S/C25H34O6.C7H7NO3/c1-4-5-21-30-20-11-17-16-7-6-14-10-15(27)8-9-23(14,2)22(16)18(28)12-24(17,3)25(20,31-21)19(29)13-26;8-4-1-2-6(9)5(3-4)7(10)11/h8-10,16-18,20-22,26,28H,4-7,11-13H2,1-3H3;1-3,9H,8H2,(H,10,11)/t16-,17-,18-,20+,21?,22+,23-,24-,25+;/m0./s1. The maximum absolute atomic E-state index is 13.2. The van der Waals surface area contributed by atoms with Crippen LogP contribution >= 0.6 is 0 Å². The van der Waals surface area contributed by atoms with Gasteiger partial charge in [0.05, 0.1) is 12.2 Å². The number of carbonyl (C=O) groups excluding carboxylic acids is 2. The van der Waals surface area contributed by atoms with Crippen molar-refractivity contribution in [3.8, 4) is 5.75 Å². The number of ketones is 2. The summed E-state index contributed by atoms with van der Waals surface area (Å²) in [6.45, 7) is 5.67. The van der Waals surface area contributed by atoms with Gasteiger partial charge in [0.1, 0.15) is 17.9 Å². The molecule has 1 unspecified atom stereocenters. The van der Waals surface area contributed by atoms with E-state index in [0.29, 0.717) is 24.9 Å². The number of hydrogen-bond donors (Lipinski definition) is 5. The summed E-state index contributed by atoms with van der Waals surface area (Å²) < 4.78 is 12.7. The van der Waals surface area contributed by atoms with Gasteiger partial charge in [-0.05, 0) is 74.3 Å². The van der Waals surface area contributed by atoms with E-state index in [0.717, 1.165) is 24.8 Å². The van der Waals surface area contributed by atoms with Gasteiger partial charge in [0.2, 0.25) is 0 Å². The first-order chi connectivity index (χ1) is 19.8. The fraction of sp³-hybridized carbons (Fsp3) is 0.594. The molecule has 1 saturated heterocycles. The zero-order valence-corrected chi connectivity index (χ0v) is 24.3. The van der Waals surface area contributed by atoms with Crippen molar-refractivity contribution in [1.29, 1.82) is 0 Å². The van der Waals surface area contributed by atoms with E-state index < -0.39 is 42.1 Å². The summed E-state index contributed by atoms with van der Waals surface area (Å²) in [6.07, 6.45) is 8.31. The molecule has 10 nitrogen and oxygen atoms in total. The number of carbonyl (C=O) groups is 3. The minimum Gasteiger partial charge on any atom is -0.507 e. The summed E-state index contributed by atoms with van der Waals surface area (Å²) in [5.74, 6) is -1.43. The van der Waals surface area contributed by atoms with E-state index in [-0.39, 0.29) is 46.0 Å². The van der Waals surface area contributed by atoms with E-state index in [1.54, 1.807) is 12.2 Å². The number of fused-ring (bicyclic) bond motifs is 7. The average molecular weight is 584 g/mol. The molecule has 4 fully saturated rings. The first-order valence-corrected chi connectivity index (χ1v) is 14.7. The van der Waals surface area contributed by atoms with Crippen LogP contribution < -0.4 is 5.73 Å². The Kier molecular flexibility index (Phi) is 7.89. The molecule has 0 spiro atoms. The zero-order valence-electron chi connectivity index (χ0n) is 24.3. The summed E-state index contributed by atoms with van der Waals surface area (Å²) in [4.78, 5) is 35.6. The first-order valence-electron chi connectivity index (χ1n) is 14.7. The van der Waals surface area contributed by atoms with Crippen molar-refractivity contribution in [1.82, 2.24) is 0 Å². The molecule has 228 valence electrons. The Hall–Kier alpha value is -3.05. The first kappa shape index (κ1) is 30.4. The molecule has 5 aliphatic rings. The molecule has 3 saturated carbocycles. The lowest BCUT2D eigenvalue weighted by molar-refractivity contribution is -0.200. The summed E-state index contributed by atoms with van der Waals surface area (Å²) >= 11 is 0. The molecule has 1 aromatic carbocycles. The molecule has 1 aliphatic heterocycles. The number of Topliss-reactive ketones (excluding diaryl/α,β-unsaturated/α-hetero) is 1. The van der Waals surface area contributed by atoms with Crippen LogP contribution in [0.15, 0.2) is 42.0 Å². The number of hydrogen-bond acceptors (Lipinski definition) is 9. The van der Waals surface area contributed by atoms with Gasteiger partial charge in [-0.3, -0.25) is 9.59 Å². The van der Waals surface area contributed by atoms with Crippen LogP contribution in [0.25, 0.3) is 0 Å². The molecule has 0 bridgehead atoms. The van der Waals surface area contributed by atoms with Crippen molar-refractivity contribution in [2.75, 3.05) is 12.3 Å². The highest BCUT2D eigenvalue weighted by Gasteiger charge is 2.75. The summed E-state index contributed by atoms with van der Waals surface area (Å²) in [7, 11) is 0. The van der Waals surface area contributed by atoms with Crippen LogP contribution in [0.2, 0.25) is 0 Å². The van der Waals surface area contributed by atoms with E-state index in [4.69, 9.17) is 25.4 Å². The second-order valence-corrected chi connectivity index (χ2v) is 12.8. The van der Waals surface area contributed by atoms with Crippen molar-refractivity contribution in [2.24, 2.45) is 28.6 Å². The highest BCUT2D eigenvalue weighted by Crippen LogP contribution is 2.69. The zero-order chi connectivity index (χ0) is 30.6. The number of benzene rings is 1.